The van der Waals surface area contributed by atoms with Gasteiger partial charge in [-0.15, -0.1) is 80.2 Å². The van der Waals surface area contributed by atoms with Crippen LogP contribution in [0.1, 0.15) is 49.9 Å². The molecule has 0 spiro atoms. The van der Waals surface area contributed by atoms with Gasteiger partial charge in [-0.05, 0) is 39.8 Å². The van der Waals surface area contributed by atoms with E-state index in [2.05, 4.69) is 161 Å². The van der Waals surface area contributed by atoms with E-state index in [1.807, 2.05) is 0 Å². The van der Waals surface area contributed by atoms with E-state index in [0.29, 0.717) is 0 Å². The van der Waals surface area contributed by atoms with Gasteiger partial charge in [0.05, 0.1) is 0 Å². The molecule has 0 unspecified atom stereocenters. The van der Waals surface area contributed by atoms with Gasteiger partial charge in [0.25, 0.3) is 0 Å². The molecule has 0 aliphatic rings. The number of hydrogen-bond acceptors (Lipinski definition) is 0. The van der Waals surface area contributed by atoms with Crippen LogP contribution in [0, 0.1) is 14.9 Å². The average Bonchev–Trinajstić information content (AvgIpc) is 3.66. The summed E-state index contributed by atoms with van der Waals surface area (Å²) in [7, 11) is 0. The Morgan fingerprint density at radius 3 is 1.27 bits per heavy atom. The van der Waals surface area contributed by atoms with Crippen molar-refractivity contribution in [1.29, 1.82) is 0 Å². The summed E-state index contributed by atoms with van der Waals surface area (Å²) >= 11 is 0. The molecular formula is C47H44Ti. The van der Waals surface area contributed by atoms with Crippen LogP contribution in [-0.4, -0.2) is 0 Å². The Balaban J connectivity index is 0.00000150. The van der Waals surface area contributed by atoms with Crippen molar-refractivity contribution in [3.8, 4) is 22.3 Å². The Morgan fingerprint density at radius 2 is 0.854 bits per heavy atom. The second-order valence-electron chi connectivity index (χ2n) is 13.0. The molecule has 8 aromatic carbocycles. The van der Waals surface area contributed by atoms with Crippen molar-refractivity contribution < 1.29 is 21.7 Å². The zero-order valence-corrected chi connectivity index (χ0v) is 30.7. The zero-order valence-electron chi connectivity index (χ0n) is 29.1. The largest absolute Gasteiger partial charge is 4.00 e. The second kappa shape index (κ2) is 13.7. The van der Waals surface area contributed by atoms with Gasteiger partial charge in [0.2, 0.25) is 0 Å². The third-order valence-electron chi connectivity index (χ3n) is 10.2. The zero-order chi connectivity index (χ0) is 30.7. The van der Waals surface area contributed by atoms with Gasteiger partial charge in [-0.25, -0.2) is 0 Å². The first-order valence-corrected chi connectivity index (χ1v) is 16.4. The summed E-state index contributed by atoms with van der Waals surface area (Å²) in [5.74, 6) is 0. The summed E-state index contributed by atoms with van der Waals surface area (Å²) in [6, 6.07) is 50.0. The molecule has 0 aromatic heterocycles. The molecule has 8 rings (SSSR count). The quantitative estimate of drug-likeness (QED) is 0.123. The predicted molar refractivity (Wildman–Crippen MR) is 209 cm³/mol. The van der Waals surface area contributed by atoms with Gasteiger partial charge >= 0.3 is 21.7 Å². The predicted octanol–water partition coefficient (Wildman–Crippen LogP) is 13.4. The van der Waals surface area contributed by atoms with Crippen LogP contribution in [-0.2, 0) is 40.0 Å². The Labute approximate surface area is 302 Å². The maximum absolute atomic E-state index is 2.44. The second-order valence-corrected chi connectivity index (χ2v) is 13.0. The summed E-state index contributed by atoms with van der Waals surface area (Å²) in [4.78, 5) is 0. The minimum absolute atomic E-state index is 0. The molecule has 0 saturated heterocycles. The smallest absolute Gasteiger partial charge is 0.358 e. The molecule has 0 radical (unpaired) electrons. The van der Waals surface area contributed by atoms with Gasteiger partial charge in [0, 0.05) is 0 Å². The topological polar surface area (TPSA) is 0 Å². The normalized spacial score (nSPS) is 11.4. The minimum Gasteiger partial charge on any atom is -0.358 e. The van der Waals surface area contributed by atoms with E-state index in [1.165, 1.54) is 87.6 Å². The maximum atomic E-state index is 2.44. The van der Waals surface area contributed by atoms with E-state index in [0.717, 1.165) is 12.8 Å². The van der Waals surface area contributed by atoms with Crippen molar-refractivity contribution in [3.63, 3.8) is 0 Å². The number of fused-ring (bicyclic) bond motifs is 4. The van der Waals surface area contributed by atoms with Crippen molar-refractivity contribution in [3.05, 3.63) is 171 Å². The molecule has 0 amide bonds. The van der Waals surface area contributed by atoms with Crippen LogP contribution in [0.4, 0.5) is 0 Å². The third kappa shape index (κ3) is 5.37. The van der Waals surface area contributed by atoms with Crippen LogP contribution in [0.25, 0.3) is 65.3 Å². The van der Waals surface area contributed by atoms with Crippen molar-refractivity contribution in [1.82, 2.24) is 0 Å². The summed E-state index contributed by atoms with van der Waals surface area (Å²) in [6.45, 7) is 9.46. The van der Waals surface area contributed by atoms with E-state index < -0.39 is 0 Å². The van der Waals surface area contributed by atoms with Gasteiger partial charge in [0.1, 0.15) is 0 Å². The fourth-order valence-electron chi connectivity index (χ4n) is 8.03. The van der Waals surface area contributed by atoms with Gasteiger partial charge in [-0.3, -0.25) is 0 Å². The molecule has 0 atom stereocenters. The third-order valence-corrected chi connectivity index (χ3v) is 10.2. The summed E-state index contributed by atoms with van der Waals surface area (Å²) < 4.78 is 0. The van der Waals surface area contributed by atoms with E-state index in [9.17, 15) is 0 Å². The van der Waals surface area contributed by atoms with E-state index >= 15 is 0 Å². The molecule has 48 heavy (non-hydrogen) atoms. The minimum atomic E-state index is -0.254. The molecule has 0 aliphatic carbocycles. The van der Waals surface area contributed by atoms with E-state index in [4.69, 9.17) is 0 Å². The molecule has 8 aromatic rings. The molecular weight excluding hydrogens is 612 g/mol. The van der Waals surface area contributed by atoms with E-state index in [1.54, 1.807) is 0 Å². The Bertz CT molecular complexity index is 2200. The number of rotatable bonds is 6. The van der Waals surface area contributed by atoms with E-state index in [-0.39, 0.29) is 42.0 Å². The maximum Gasteiger partial charge on any atom is 4.00 e. The summed E-state index contributed by atoms with van der Waals surface area (Å²) in [5, 5.41) is 10.7. The van der Waals surface area contributed by atoms with Crippen molar-refractivity contribution in [2.24, 2.45) is 0 Å². The number of benzene rings is 6. The number of hydrogen-bond donors (Lipinski definition) is 0. The summed E-state index contributed by atoms with van der Waals surface area (Å²) in [6.07, 6.45) is 1.99. The summed E-state index contributed by atoms with van der Waals surface area (Å²) in [5.41, 5.74) is 10.8. The standard InChI is InChI=1S/C45H38.2CH3.Ti/c1-5-29-27-33-19-13-25-39(43(33)41(29)37-23-11-17-31-15-7-9-21-35(31)37)45(3,4)40-26-14-20-34-28-30(6-2)42(44(34)40)38-24-12-18-32-16-8-10-22-36(32)38;;;/h7-28H,5-6H2,1-4H3;2*1H3;/q-2;2*-1;+4. The first-order chi connectivity index (χ1) is 22.0. The van der Waals surface area contributed by atoms with Crippen LogP contribution in [0.3, 0.4) is 0 Å². The molecule has 0 aliphatic heterocycles. The average molecular weight is 657 g/mol. The van der Waals surface area contributed by atoms with Crippen LogP contribution >= 0.6 is 0 Å². The van der Waals surface area contributed by atoms with Crippen molar-refractivity contribution in [2.45, 2.75) is 46.0 Å². The Kier molecular flexibility index (Phi) is 10.0. The Hall–Kier alpha value is -4.23. The van der Waals surface area contributed by atoms with Crippen molar-refractivity contribution in [2.75, 3.05) is 0 Å². The van der Waals surface area contributed by atoms with Crippen molar-refractivity contribution >= 4 is 43.1 Å². The molecule has 0 nitrogen and oxygen atoms in total. The van der Waals surface area contributed by atoms with Gasteiger partial charge < -0.3 is 14.9 Å². The number of aryl methyl sites for hydroxylation is 2. The molecule has 0 fully saturated rings. The van der Waals surface area contributed by atoms with Crippen LogP contribution in [0.15, 0.2) is 133 Å². The molecule has 0 heterocycles. The van der Waals surface area contributed by atoms with Gasteiger partial charge in [0.15, 0.2) is 0 Å². The molecule has 0 bridgehead atoms. The fourth-order valence-corrected chi connectivity index (χ4v) is 8.03. The van der Waals surface area contributed by atoms with Crippen LogP contribution in [0.5, 0.6) is 0 Å². The molecule has 1 heteroatoms. The molecule has 0 N–H and O–H groups in total. The monoisotopic (exact) mass is 656 g/mol. The fraction of sp³-hybridized carbons (Fsp3) is 0.149. The first-order valence-electron chi connectivity index (χ1n) is 16.4. The van der Waals surface area contributed by atoms with Gasteiger partial charge in [-0.1, -0.05) is 147 Å². The van der Waals surface area contributed by atoms with Gasteiger partial charge in [-0.2, -0.15) is 0 Å². The molecule has 236 valence electrons. The van der Waals surface area contributed by atoms with Crippen LogP contribution in [0.2, 0.25) is 0 Å². The van der Waals surface area contributed by atoms with Crippen LogP contribution < -0.4 is 0 Å². The SMILES string of the molecule is CCc1[cH-]c2cccc(C(C)(C)c3cccc4[cH-]c(CC)c(-c5cccc6ccccc56)c34)c2c1-c1cccc2ccccc12.[CH3-].[CH3-].[Ti+4]. The Morgan fingerprint density at radius 1 is 0.479 bits per heavy atom. The first kappa shape index (κ1) is 35.1. The molecule has 0 saturated carbocycles.